The zero-order valence-electron chi connectivity index (χ0n) is 11.5. The molecule has 106 valence electrons. The molecule has 4 heteroatoms. The fourth-order valence-corrected chi connectivity index (χ4v) is 3.41. The third-order valence-corrected chi connectivity index (χ3v) is 5.09. The van der Waals surface area contributed by atoms with E-state index < -0.39 is 0 Å². The molecule has 0 spiro atoms. The largest absolute Gasteiger partial charge is 0.381 e. The molecule has 0 aromatic carbocycles. The fourth-order valence-electron chi connectivity index (χ4n) is 2.96. The van der Waals surface area contributed by atoms with Crippen LogP contribution in [0.2, 0.25) is 5.15 Å². The van der Waals surface area contributed by atoms with Gasteiger partial charge in [-0.2, -0.15) is 0 Å². The number of nitrogens with zero attached hydrogens (tertiary/aromatic N) is 1. The molecule has 1 saturated carbocycles. The van der Waals surface area contributed by atoms with E-state index in [2.05, 4.69) is 33.2 Å². The van der Waals surface area contributed by atoms with Gasteiger partial charge in [-0.1, -0.05) is 44.2 Å². The van der Waals surface area contributed by atoms with Crippen molar-refractivity contribution in [2.24, 2.45) is 5.92 Å². The lowest BCUT2D eigenvalue weighted by molar-refractivity contribution is 0.422. The Morgan fingerprint density at radius 1 is 1.37 bits per heavy atom. The maximum absolute atomic E-state index is 5.92. The summed E-state index contributed by atoms with van der Waals surface area (Å²) in [5.41, 5.74) is 1.07. The van der Waals surface area contributed by atoms with E-state index in [1.807, 2.05) is 12.3 Å². The van der Waals surface area contributed by atoms with Gasteiger partial charge in [0.15, 0.2) is 0 Å². The molecule has 2 atom stereocenters. The number of hydrogen-bond donors (Lipinski definition) is 1. The highest BCUT2D eigenvalue weighted by molar-refractivity contribution is 9.10. The van der Waals surface area contributed by atoms with Crippen molar-refractivity contribution in [3.63, 3.8) is 0 Å². The molecule has 0 amide bonds. The molecule has 2 nitrogen and oxygen atoms in total. The van der Waals surface area contributed by atoms with Crippen molar-refractivity contribution in [3.05, 3.63) is 21.9 Å². The minimum Gasteiger partial charge on any atom is -0.381 e. The van der Waals surface area contributed by atoms with Crippen LogP contribution in [0.15, 0.2) is 16.7 Å². The second-order valence-electron chi connectivity index (χ2n) is 5.50. The Kier molecular flexibility index (Phi) is 5.96. The maximum atomic E-state index is 5.92. The van der Waals surface area contributed by atoms with E-state index in [1.54, 1.807) is 0 Å². The summed E-state index contributed by atoms with van der Waals surface area (Å²) in [5.74, 6) is 0.937. The van der Waals surface area contributed by atoms with Gasteiger partial charge in [0, 0.05) is 6.04 Å². The molecule has 2 rings (SSSR count). The van der Waals surface area contributed by atoms with Crippen LogP contribution in [0.3, 0.4) is 0 Å². The van der Waals surface area contributed by atoms with Crippen molar-refractivity contribution in [2.45, 2.75) is 57.9 Å². The quantitative estimate of drug-likeness (QED) is 0.562. The number of pyridine rings is 1. The number of halogens is 2. The zero-order valence-corrected chi connectivity index (χ0v) is 13.8. The minimum atomic E-state index is 0.523. The molecular weight excluding hydrogens is 324 g/mol. The van der Waals surface area contributed by atoms with Crippen LogP contribution >= 0.6 is 27.5 Å². The highest BCUT2D eigenvalue weighted by Crippen LogP contribution is 2.29. The van der Waals surface area contributed by atoms with E-state index in [-0.39, 0.29) is 0 Å². The smallest absolute Gasteiger partial charge is 0.143 e. The first-order valence-corrected chi connectivity index (χ1v) is 8.43. The molecule has 19 heavy (non-hydrogen) atoms. The highest BCUT2D eigenvalue weighted by Gasteiger charge is 2.18. The summed E-state index contributed by atoms with van der Waals surface area (Å²) >= 11 is 9.34. The van der Waals surface area contributed by atoms with Crippen LogP contribution in [-0.2, 0) is 0 Å². The standard InChI is InChI=1S/C15H22BrClN2/c1-2-4-11-5-3-6-12(8-7-11)19-13-9-14(16)15(17)18-10-13/h9-12,19H,2-8H2,1H3. The van der Waals surface area contributed by atoms with Gasteiger partial charge in [-0.05, 0) is 47.2 Å². The van der Waals surface area contributed by atoms with Gasteiger partial charge in [0.05, 0.1) is 16.4 Å². The summed E-state index contributed by atoms with van der Waals surface area (Å²) in [4.78, 5) is 4.17. The van der Waals surface area contributed by atoms with Crippen LogP contribution in [0.1, 0.15) is 51.9 Å². The normalized spacial score (nSPS) is 23.9. The van der Waals surface area contributed by atoms with Gasteiger partial charge in [-0.3, -0.25) is 0 Å². The predicted molar refractivity (Wildman–Crippen MR) is 85.8 cm³/mol. The molecular formula is C15H22BrClN2. The van der Waals surface area contributed by atoms with Crippen molar-refractivity contribution in [1.29, 1.82) is 0 Å². The van der Waals surface area contributed by atoms with E-state index >= 15 is 0 Å². The van der Waals surface area contributed by atoms with E-state index in [0.717, 1.165) is 16.1 Å². The monoisotopic (exact) mass is 344 g/mol. The summed E-state index contributed by atoms with van der Waals surface area (Å²) in [6, 6.07) is 2.60. The molecule has 0 bridgehead atoms. The second kappa shape index (κ2) is 7.49. The van der Waals surface area contributed by atoms with Gasteiger partial charge >= 0.3 is 0 Å². The Labute approximate surface area is 129 Å². The molecule has 1 heterocycles. The molecule has 0 saturated heterocycles. The summed E-state index contributed by atoms with van der Waals surface area (Å²) in [7, 11) is 0. The van der Waals surface area contributed by atoms with E-state index in [4.69, 9.17) is 11.6 Å². The molecule has 1 N–H and O–H groups in total. The number of rotatable bonds is 4. The number of aromatic nitrogens is 1. The van der Waals surface area contributed by atoms with Crippen LogP contribution in [0, 0.1) is 5.92 Å². The van der Waals surface area contributed by atoms with Crippen molar-refractivity contribution in [1.82, 2.24) is 4.98 Å². The minimum absolute atomic E-state index is 0.523. The van der Waals surface area contributed by atoms with Gasteiger partial charge in [0.1, 0.15) is 5.15 Å². The summed E-state index contributed by atoms with van der Waals surface area (Å²) in [5, 5.41) is 4.12. The van der Waals surface area contributed by atoms with Crippen molar-refractivity contribution in [3.8, 4) is 0 Å². The van der Waals surface area contributed by atoms with E-state index in [1.165, 1.54) is 44.9 Å². The lowest BCUT2D eigenvalue weighted by Gasteiger charge is -2.18. The fraction of sp³-hybridized carbons (Fsp3) is 0.667. The number of anilines is 1. The zero-order chi connectivity index (χ0) is 13.7. The average molecular weight is 346 g/mol. The summed E-state index contributed by atoms with van der Waals surface area (Å²) in [6.07, 6.45) is 11.2. The van der Waals surface area contributed by atoms with Gasteiger partial charge in [-0.25, -0.2) is 4.98 Å². The van der Waals surface area contributed by atoms with Crippen LogP contribution < -0.4 is 5.32 Å². The molecule has 1 aromatic heterocycles. The van der Waals surface area contributed by atoms with Crippen molar-refractivity contribution >= 4 is 33.2 Å². The second-order valence-corrected chi connectivity index (χ2v) is 6.71. The third-order valence-electron chi connectivity index (χ3n) is 3.95. The molecule has 1 aliphatic rings. The average Bonchev–Trinajstić information content (AvgIpc) is 2.60. The van der Waals surface area contributed by atoms with Gasteiger partial charge in [0.25, 0.3) is 0 Å². The maximum Gasteiger partial charge on any atom is 0.143 e. The lowest BCUT2D eigenvalue weighted by Crippen LogP contribution is -2.18. The molecule has 1 aliphatic carbocycles. The van der Waals surface area contributed by atoms with E-state index in [0.29, 0.717) is 11.2 Å². The van der Waals surface area contributed by atoms with Crippen LogP contribution in [0.4, 0.5) is 5.69 Å². The van der Waals surface area contributed by atoms with Gasteiger partial charge in [0.2, 0.25) is 0 Å². The molecule has 1 fully saturated rings. The Balaban J connectivity index is 1.90. The SMILES string of the molecule is CCCC1CCCC(Nc2cnc(Cl)c(Br)c2)CC1. The Bertz CT molecular complexity index is 411. The first kappa shape index (κ1) is 15.1. The Hall–Kier alpha value is -0.280. The first-order chi connectivity index (χ1) is 9.19. The van der Waals surface area contributed by atoms with Crippen LogP contribution in [0.5, 0.6) is 0 Å². The van der Waals surface area contributed by atoms with E-state index in [9.17, 15) is 0 Å². The summed E-state index contributed by atoms with van der Waals surface area (Å²) in [6.45, 7) is 2.29. The molecule has 1 aromatic rings. The van der Waals surface area contributed by atoms with Gasteiger partial charge in [-0.15, -0.1) is 0 Å². The Morgan fingerprint density at radius 3 is 2.95 bits per heavy atom. The molecule has 2 unspecified atom stereocenters. The van der Waals surface area contributed by atoms with Crippen LogP contribution in [0.25, 0.3) is 0 Å². The highest BCUT2D eigenvalue weighted by atomic mass is 79.9. The van der Waals surface area contributed by atoms with Crippen LogP contribution in [-0.4, -0.2) is 11.0 Å². The predicted octanol–water partition coefficient (Wildman–Crippen LogP) is 5.66. The molecule has 0 aliphatic heterocycles. The third kappa shape index (κ3) is 4.64. The number of nitrogens with one attached hydrogen (secondary N) is 1. The first-order valence-electron chi connectivity index (χ1n) is 7.26. The van der Waals surface area contributed by atoms with Crippen molar-refractivity contribution in [2.75, 3.05) is 5.32 Å². The Morgan fingerprint density at radius 2 is 2.21 bits per heavy atom. The topological polar surface area (TPSA) is 24.9 Å². The lowest BCUT2D eigenvalue weighted by atomic mass is 9.95. The summed E-state index contributed by atoms with van der Waals surface area (Å²) < 4.78 is 0.858. The van der Waals surface area contributed by atoms with Gasteiger partial charge < -0.3 is 5.32 Å². The van der Waals surface area contributed by atoms with Crippen molar-refractivity contribution < 1.29 is 0 Å². The number of hydrogen-bond acceptors (Lipinski definition) is 2. The molecule has 0 radical (unpaired) electrons.